The fourth-order valence-electron chi connectivity index (χ4n) is 5.97. The average Bonchev–Trinajstić information content (AvgIpc) is 2.76. The van der Waals surface area contributed by atoms with Crippen LogP contribution in [0.4, 0.5) is 5.69 Å². The van der Waals surface area contributed by atoms with Crippen molar-refractivity contribution >= 4 is 23.2 Å². The van der Waals surface area contributed by atoms with Gasteiger partial charge in [0.25, 0.3) is 5.91 Å². The second-order valence-electron chi connectivity index (χ2n) is 9.43. The van der Waals surface area contributed by atoms with E-state index in [1.165, 1.54) is 0 Å². The van der Waals surface area contributed by atoms with Gasteiger partial charge in [0.05, 0.1) is 11.3 Å². The fraction of sp³-hybridized carbons (Fsp3) is 0.458. The van der Waals surface area contributed by atoms with Gasteiger partial charge in [-0.25, -0.2) is 0 Å². The van der Waals surface area contributed by atoms with Gasteiger partial charge in [-0.1, -0.05) is 6.07 Å². The molecular formula is C24H26N2O7. The zero-order valence-corrected chi connectivity index (χ0v) is 18.0. The van der Waals surface area contributed by atoms with Gasteiger partial charge in [0.2, 0.25) is 5.78 Å². The third-order valence-electron chi connectivity index (χ3n) is 7.61. The molecule has 3 aliphatic carbocycles. The number of allylic oxidation sites excluding steroid dienone is 2. The summed E-state index contributed by atoms with van der Waals surface area (Å²) in [5.74, 6) is -6.01. The number of primary amides is 1. The number of hydrogen-bond donors (Lipinski definition) is 5. The summed E-state index contributed by atoms with van der Waals surface area (Å²) in [5.41, 5.74) is 3.02. The molecule has 1 saturated heterocycles. The number of hydrogen-bond acceptors (Lipinski definition) is 8. The van der Waals surface area contributed by atoms with Gasteiger partial charge in [-0.2, -0.15) is 0 Å². The average molecular weight is 454 g/mol. The molecule has 1 aliphatic heterocycles. The lowest BCUT2D eigenvalue weighted by Crippen LogP contribution is -2.57. The summed E-state index contributed by atoms with van der Waals surface area (Å²) in [6.07, 6.45) is 3.30. The molecule has 0 spiro atoms. The van der Waals surface area contributed by atoms with Gasteiger partial charge in [0.15, 0.2) is 11.4 Å². The first kappa shape index (κ1) is 21.5. The highest BCUT2D eigenvalue weighted by Crippen LogP contribution is 2.52. The second kappa shape index (κ2) is 7.34. The summed E-state index contributed by atoms with van der Waals surface area (Å²) in [6, 6.07) is 3.61. The van der Waals surface area contributed by atoms with Gasteiger partial charge >= 0.3 is 0 Å². The Morgan fingerprint density at radius 1 is 1.06 bits per heavy atom. The number of phenols is 1. The molecule has 0 radical (unpaired) electrons. The SMILES string of the molecule is NC(=O)C1=C(O)C[C@@H]2C[C@@H]3Cc4ccc(N5CCCCC5)c(O)c4C(=O)C3=C(O)[C@]2(O)C1=O. The van der Waals surface area contributed by atoms with Gasteiger partial charge < -0.3 is 31.1 Å². The summed E-state index contributed by atoms with van der Waals surface area (Å²) in [7, 11) is 0. The predicted octanol–water partition coefficient (Wildman–Crippen LogP) is 1.57. The van der Waals surface area contributed by atoms with E-state index in [1.54, 1.807) is 12.1 Å². The normalized spacial score (nSPS) is 29.5. The van der Waals surface area contributed by atoms with Crippen LogP contribution in [0, 0.1) is 11.8 Å². The number of aromatic hydroxyl groups is 1. The van der Waals surface area contributed by atoms with Gasteiger partial charge in [0.1, 0.15) is 22.8 Å². The number of piperidine rings is 1. The van der Waals surface area contributed by atoms with E-state index in [0.29, 0.717) is 17.7 Å². The Morgan fingerprint density at radius 2 is 1.76 bits per heavy atom. The van der Waals surface area contributed by atoms with Crippen molar-refractivity contribution in [1.82, 2.24) is 0 Å². The number of rotatable bonds is 2. The van der Waals surface area contributed by atoms with E-state index in [0.717, 1.165) is 32.4 Å². The lowest BCUT2D eigenvalue weighted by atomic mass is 9.60. The van der Waals surface area contributed by atoms with Crippen LogP contribution in [0.15, 0.2) is 34.8 Å². The minimum Gasteiger partial charge on any atom is -0.511 e. The molecule has 0 unspecified atom stereocenters. The van der Waals surface area contributed by atoms with Gasteiger partial charge in [0, 0.05) is 31.0 Å². The number of benzene rings is 1. The molecule has 1 fully saturated rings. The fourth-order valence-corrected chi connectivity index (χ4v) is 5.97. The maximum absolute atomic E-state index is 13.5. The molecule has 174 valence electrons. The van der Waals surface area contributed by atoms with Gasteiger partial charge in [-0.05, 0) is 49.7 Å². The highest BCUT2D eigenvalue weighted by atomic mass is 16.3. The van der Waals surface area contributed by atoms with E-state index in [-0.39, 0.29) is 29.7 Å². The van der Waals surface area contributed by atoms with Crippen molar-refractivity contribution in [2.75, 3.05) is 18.0 Å². The van der Waals surface area contributed by atoms with Crippen LogP contribution < -0.4 is 10.6 Å². The molecule has 1 aromatic carbocycles. The van der Waals surface area contributed by atoms with Crippen molar-refractivity contribution in [2.45, 2.75) is 44.1 Å². The maximum atomic E-state index is 13.5. The number of Topliss-reactive ketones (excluding diaryl/α,β-unsaturated/α-hetero) is 2. The van der Waals surface area contributed by atoms with Crippen LogP contribution >= 0.6 is 0 Å². The first-order valence-electron chi connectivity index (χ1n) is 11.2. The van der Waals surface area contributed by atoms with Crippen molar-refractivity contribution in [3.05, 3.63) is 45.9 Å². The van der Waals surface area contributed by atoms with Crippen molar-refractivity contribution in [3.63, 3.8) is 0 Å². The largest absolute Gasteiger partial charge is 0.511 e. The minimum atomic E-state index is -2.53. The molecule has 0 aromatic heterocycles. The molecule has 4 aliphatic rings. The molecule has 33 heavy (non-hydrogen) atoms. The van der Waals surface area contributed by atoms with Crippen LogP contribution in [0.2, 0.25) is 0 Å². The molecule has 0 bridgehead atoms. The van der Waals surface area contributed by atoms with Gasteiger partial charge in [-0.3, -0.25) is 14.4 Å². The molecule has 9 heteroatoms. The Kier molecular flexibility index (Phi) is 4.79. The van der Waals surface area contributed by atoms with Crippen LogP contribution in [0.5, 0.6) is 5.75 Å². The molecule has 3 atom stereocenters. The van der Waals surface area contributed by atoms with Crippen LogP contribution in [0.1, 0.15) is 48.0 Å². The number of carbonyl (C=O) groups excluding carboxylic acids is 3. The zero-order valence-electron chi connectivity index (χ0n) is 18.0. The number of fused-ring (bicyclic) bond motifs is 3. The molecule has 0 saturated carbocycles. The molecule has 6 N–H and O–H groups in total. The number of carbonyl (C=O) groups is 3. The molecule has 9 nitrogen and oxygen atoms in total. The van der Waals surface area contributed by atoms with Gasteiger partial charge in [-0.15, -0.1) is 0 Å². The lowest BCUT2D eigenvalue weighted by Gasteiger charge is -2.45. The standard InChI is InChI=1S/C24H26N2O7/c25-23(32)18-15(27)10-13-9-12-8-11-4-5-14(26-6-2-1-3-7-26)19(28)16(11)20(29)17(12)21(30)24(13,33)22(18)31/h4-5,12-13,27-28,30,33H,1-3,6-10H2,(H2,25,32)/t12-,13-,24-/m0/s1. The predicted molar refractivity (Wildman–Crippen MR) is 117 cm³/mol. The van der Waals surface area contributed by atoms with Crippen LogP contribution in [-0.2, 0) is 16.0 Å². The number of nitrogens with zero attached hydrogens (tertiary/aromatic N) is 1. The molecular weight excluding hydrogens is 428 g/mol. The quantitative estimate of drug-likeness (QED) is 0.421. The molecule has 1 amide bonds. The summed E-state index contributed by atoms with van der Waals surface area (Å²) < 4.78 is 0. The van der Waals surface area contributed by atoms with Crippen molar-refractivity contribution in [2.24, 2.45) is 17.6 Å². The van der Waals surface area contributed by atoms with Crippen LogP contribution in [0.3, 0.4) is 0 Å². The Balaban J connectivity index is 1.62. The Hall–Kier alpha value is -3.33. The first-order valence-corrected chi connectivity index (χ1v) is 11.2. The molecule has 1 heterocycles. The molecule has 5 rings (SSSR count). The smallest absolute Gasteiger partial charge is 0.255 e. The highest BCUT2D eigenvalue weighted by Gasteiger charge is 2.59. The van der Waals surface area contributed by atoms with E-state index in [9.17, 15) is 34.8 Å². The van der Waals surface area contributed by atoms with E-state index in [2.05, 4.69) is 0 Å². The van der Waals surface area contributed by atoms with E-state index < -0.39 is 52.0 Å². The summed E-state index contributed by atoms with van der Waals surface area (Å²) in [4.78, 5) is 40.3. The number of amides is 1. The zero-order chi connectivity index (χ0) is 23.7. The second-order valence-corrected chi connectivity index (χ2v) is 9.43. The van der Waals surface area contributed by atoms with Crippen molar-refractivity contribution in [3.8, 4) is 5.75 Å². The number of anilines is 1. The number of phenolic OH excluding ortho intramolecular Hbond substituents is 1. The van der Waals surface area contributed by atoms with Crippen LogP contribution in [-0.4, -0.2) is 56.6 Å². The number of nitrogens with two attached hydrogens (primary N) is 1. The minimum absolute atomic E-state index is 0.0645. The lowest BCUT2D eigenvalue weighted by molar-refractivity contribution is -0.144. The molecule has 1 aromatic rings. The Bertz CT molecular complexity index is 1160. The Morgan fingerprint density at radius 3 is 2.42 bits per heavy atom. The van der Waals surface area contributed by atoms with Crippen molar-refractivity contribution < 1.29 is 34.8 Å². The third-order valence-corrected chi connectivity index (χ3v) is 7.61. The Labute approximate surface area is 189 Å². The monoisotopic (exact) mass is 454 g/mol. The summed E-state index contributed by atoms with van der Waals surface area (Å²) >= 11 is 0. The third kappa shape index (κ3) is 2.91. The van der Waals surface area contributed by atoms with E-state index in [4.69, 9.17) is 5.73 Å². The first-order chi connectivity index (χ1) is 15.7. The van der Waals surface area contributed by atoms with Crippen LogP contribution in [0.25, 0.3) is 0 Å². The van der Waals surface area contributed by atoms with E-state index >= 15 is 0 Å². The van der Waals surface area contributed by atoms with E-state index in [1.807, 2.05) is 4.90 Å². The number of aliphatic hydroxyl groups is 3. The summed E-state index contributed by atoms with van der Waals surface area (Å²) in [6.45, 7) is 1.53. The maximum Gasteiger partial charge on any atom is 0.255 e. The highest BCUT2D eigenvalue weighted by molar-refractivity contribution is 6.24. The number of aliphatic hydroxyl groups excluding tert-OH is 2. The number of ketones is 2. The topological polar surface area (TPSA) is 161 Å². The van der Waals surface area contributed by atoms with Crippen molar-refractivity contribution in [1.29, 1.82) is 0 Å². The summed E-state index contributed by atoms with van der Waals surface area (Å²) in [5, 5.41) is 43.5.